The summed E-state index contributed by atoms with van der Waals surface area (Å²) in [6, 6.07) is 7.60. The number of halogens is 1. The largest absolute Gasteiger partial charge is 0.372 e. The molecule has 0 aliphatic heterocycles. The third kappa shape index (κ3) is 5.47. The summed E-state index contributed by atoms with van der Waals surface area (Å²) < 4.78 is 4.14. The van der Waals surface area contributed by atoms with E-state index in [0.29, 0.717) is 12.4 Å². The van der Waals surface area contributed by atoms with Gasteiger partial charge in [0.2, 0.25) is 5.91 Å². The number of anilines is 1. The number of amides is 1. The maximum atomic E-state index is 11.3. The van der Waals surface area contributed by atoms with Crippen molar-refractivity contribution in [1.29, 1.82) is 0 Å². The predicted octanol–water partition coefficient (Wildman–Crippen LogP) is 2.78. The number of benzene rings is 1. The summed E-state index contributed by atoms with van der Waals surface area (Å²) in [4.78, 5) is 11.3. The van der Waals surface area contributed by atoms with Crippen molar-refractivity contribution in [2.24, 2.45) is 8.94 Å². The van der Waals surface area contributed by atoms with E-state index in [-0.39, 0.29) is 11.9 Å². The van der Waals surface area contributed by atoms with Gasteiger partial charge in [0.05, 0.1) is 22.9 Å². The second kappa shape index (κ2) is 8.78. The lowest BCUT2D eigenvalue weighted by Gasteiger charge is -2.23. The van der Waals surface area contributed by atoms with Gasteiger partial charge in [-0.2, -0.15) is 3.21 Å². The summed E-state index contributed by atoms with van der Waals surface area (Å²) in [6.07, 6.45) is 0.786. The Morgan fingerprint density at radius 3 is 2.48 bits per heavy atom. The molecule has 6 heteroatoms. The monoisotopic (exact) mass is 400 g/mol. The molecule has 0 radical (unpaired) electrons. The van der Waals surface area contributed by atoms with Crippen LogP contribution in [0.25, 0.3) is 0 Å². The van der Waals surface area contributed by atoms with Gasteiger partial charge in [0.25, 0.3) is 0 Å². The number of rotatable bonds is 6. The molecule has 4 N–H and O–H groups in total. The molecule has 0 aliphatic carbocycles. The molecule has 1 rings (SSSR count). The number of carbonyl (C=O) groups excluding carboxylic acids is 1. The zero-order chi connectivity index (χ0) is 15.8. The highest BCUT2D eigenvalue weighted by Gasteiger charge is 2.19. The fourth-order valence-electron chi connectivity index (χ4n) is 1.79. The Morgan fingerprint density at radius 2 is 2.05 bits per heavy atom. The molecule has 0 saturated heterocycles. The number of hydrogen-bond donors (Lipinski definition) is 3. The van der Waals surface area contributed by atoms with Crippen LogP contribution in [0, 0.1) is 0 Å². The Kier molecular flexibility index (Phi) is 7.38. The van der Waals surface area contributed by atoms with Crippen molar-refractivity contribution in [1.82, 2.24) is 5.32 Å². The highest BCUT2D eigenvalue weighted by atomic mass is 127. The molecule has 1 aromatic carbocycles. The number of nitrogens with zero attached hydrogens (tertiary/aromatic N) is 1. The van der Waals surface area contributed by atoms with E-state index in [1.807, 2.05) is 54.1 Å². The van der Waals surface area contributed by atoms with E-state index < -0.39 is 0 Å². The Hall–Kier alpha value is -1.41. The van der Waals surface area contributed by atoms with Crippen LogP contribution in [0.4, 0.5) is 5.69 Å². The van der Waals surface area contributed by atoms with Crippen molar-refractivity contribution in [2.75, 3.05) is 5.32 Å². The molecule has 0 fully saturated rings. The number of carbonyl (C=O) groups is 1. The molecule has 1 unspecified atom stereocenters. The predicted molar refractivity (Wildman–Crippen MR) is 96.4 cm³/mol. The van der Waals surface area contributed by atoms with Gasteiger partial charge in [0.15, 0.2) is 0 Å². The van der Waals surface area contributed by atoms with Crippen LogP contribution >= 0.6 is 22.9 Å². The molecule has 5 nitrogen and oxygen atoms in total. The van der Waals surface area contributed by atoms with Crippen molar-refractivity contribution in [3.05, 3.63) is 42.0 Å². The summed E-state index contributed by atoms with van der Waals surface area (Å²) in [5.41, 5.74) is 8.53. The highest BCUT2D eigenvalue weighted by Crippen LogP contribution is 2.16. The lowest BCUT2D eigenvalue weighted by atomic mass is 10.0. The standard InChI is InChI=1S/C15H21IN4O/c1-4-10(2)14(15(20-16)18-11(3)21)19-13-7-5-12(9-17)6-8-13/h5-8,14,19H,2,4,9,17H2,1,3H3,(H,18,20,21). The third-order valence-corrected chi connectivity index (χ3v) is 3.55. The molecular formula is C15H21IN4O. The summed E-state index contributed by atoms with van der Waals surface area (Å²) >= 11 is 1.88. The van der Waals surface area contributed by atoms with Gasteiger partial charge in [-0.05, 0) is 29.7 Å². The van der Waals surface area contributed by atoms with Gasteiger partial charge < -0.3 is 16.4 Å². The van der Waals surface area contributed by atoms with E-state index in [1.165, 1.54) is 6.92 Å². The number of hydrogen-bond acceptors (Lipinski definition) is 4. The zero-order valence-electron chi connectivity index (χ0n) is 12.3. The first kappa shape index (κ1) is 17.6. The third-order valence-electron chi connectivity index (χ3n) is 3.03. The van der Waals surface area contributed by atoms with E-state index in [9.17, 15) is 4.79 Å². The van der Waals surface area contributed by atoms with Gasteiger partial charge in [0, 0.05) is 19.2 Å². The minimum Gasteiger partial charge on any atom is -0.372 e. The van der Waals surface area contributed by atoms with Crippen LogP contribution < -0.4 is 16.4 Å². The fourth-order valence-corrected chi connectivity index (χ4v) is 2.19. The summed E-state index contributed by atoms with van der Waals surface area (Å²) in [5.74, 6) is 0.400. The number of nitrogens with two attached hydrogens (primary N) is 1. The Labute approximate surface area is 139 Å². The van der Waals surface area contributed by atoms with Crippen molar-refractivity contribution >= 4 is 40.3 Å². The smallest absolute Gasteiger partial charge is 0.222 e. The number of nitrogens with one attached hydrogen (secondary N) is 2. The molecular weight excluding hydrogens is 379 g/mol. The molecule has 1 aromatic rings. The normalized spacial score (nSPS) is 12.7. The second-order valence-electron chi connectivity index (χ2n) is 4.64. The summed E-state index contributed by atoms with van der Waals surface area (Å²) in [5, 5.41) is 6.09. The highest BCUT2D eigenvalue weighted by molar-refractivity contribution is 14.1. The van der Waals surface area contributed by atoms with Gasteiger partial charge in [-0.1, -0.05) is 25.6 Å². The molecule has 0 saturated carbocycles. The average Bonchev–Trinajstić information content (AvgIpc) is 2.50. The quantitative estimate of drug-likeness (QED) is 0.297. The minimum absolute atomic E-state index is 0.153. The Morgan fingerprint density at radius 1 is 1.43 bits per heavy atom. The van der Waals surface area contributed by atoms with Gasteiger partial charge in [-0.3, -0.25) is 4.79 Å². The van der Waals surface area contributed by atoms with Crippen molar-refractivity contribution in [2.45, 2.75) is 32.9 Å². The number of amidine groups is 1. The molecule has 21 heavy (non-hydrogen) atoms. The summed E-state index contributed by atoms with van der Waals surface area (Å²) in [7, 11) is 0. The van der Waals surface area contributed by atoms with Gasteiger partial charge in [-0.25, -0.2) is 0 Å². The molecule has 0 aliphatic rings. The minimum atomic E-state index is -0.237. The topological polar surface area (TPSA) is 79.5 Å². The Balaban J connectivity index is 2.96. The van der Waals surface area contributed by atoms with Crippen LogP contribution in [0.15, 0.2) is 39.6 Å². The fraction of sp³-hybridized carbons (Fsp3) is 0.333. The van der Waals surface area contributed by atoms with E-state index in [2.05, 4.69) is 20.4 Å². The molecule has 0 bridgehead atoms. The van der Waals surface area contributed by atoms with Crippen molar-refractivity contribution < 1.29 is 4.79 Å². The maximum Gasteiger partial charge on any atom is 0.222 e. The van der Waals surface area contributed by atoms with E-state index in [0.717, 1.165) is 23.2 Å². The lowest BCUT2D eigenvalue weighted by Crippen LogP contribution is -2.42. The van der Waals surface area contributed by atoms with Crippen LogP contribution in [-0.2, 0) is 11.3 Å². The van der Waals surface area contributed by atoms with Gasteiger partial charge >= 0.3 is 0 Å². The van der Waals surface area contributed by atoms with E-state index in [4.69, 9.17) is 5.73 Å². The zero-order valence-corrected chi connectivity index (χ0v) is 14.5. The van der Waals surface area contributed by atoms with Crippen LogP contribution in [0.1, 0.15) is 25.8 Å². The molecule has 0 aromatic heterocycles. The first-order valence-corrected chi connectivity index (χ1v) is 7.68. The first-order valence-electron chi connectivity index (χ1n) is 6.71. The lowest BCUT2D eigenvalue weighted by molar-refractivity contribution is -0.117. The van der Waals surface area contributed by atoms with E-state index >= 15 is 0 Å². The maximum absolute atomic E-state index is 11.3. The SMILES string of the molecule is C=C(CC)C(Nc1ccc(CN)cc1)/C(=N/I)NC(C)=O. The van der Waals surface area contributed by atoms with Crippen LogP contribution in [0.5, 0.6) is 0 Å². The van der Waals surface area contributed by atoms with Gasteiger partial charge in [0.1, 0.15) is 11.9 Å². The molecule has 1 atom stereocenters. The first-order chi connectivity index (χ1) is 10.0. The van der Waals surface area contributed by atoms with Crippen molar-refractivity contribution in [3.8, 4) is 0 Å². The summed E-state index contributed by atoms with van der Waals surface area (Å²) in [6.45, 7) is 8.06. The van der Waals surface area contributed by atoms with Crippen LogP contribution in [0.2, 0.25) is 0 Å². The molecule has 114 valence electrons. The van der Waals surface area contributed by atoms with Crippen molar-refractivity contribution in [3.63, 3.8) is 0 Å². The van der Waals surface area contributed by atoms with Crippen LogP contribution in [0.3, 0.4) is 0 Å². The Bertz CT molecular complexity index is 525. The van der Waals surface area contributed by atoms with Gasteiger partial charge in [-0.15, -0.1) is 0 Å². The molecule has 1 amide bonds. The molecule has 0 heterocycles. The average molecular weight is 400 g/mol. The molecule has 0 spiro atoms. The van der Waals surface area contributed by atoms with Crippen LogP contribution in [-0.4, -0.2) is 17.8 Å². The van der Waals surface area contributed by atoms with E-state index in [1.54, 1.807) is 0 Å². The second-order valence-corrected chi connectivity index (χ2v) is 5.12.